The molecule has 1 aliphatic carbocycles. The first-order chi connectivity index (χ1) is 7.77. The fourth-order valence-electron chi connectivity index (χ4n) is 2.48. The number of halogens is 2. The Bertz CT molecular complexity index is 444. The van der Waals surface area contributed by atoms with Crippen LogP contribution in [0.25, 0.3) is 0 Å². The number of allylic oxidation sites excluding steroid dienone is 4. The van der Waals surface area contributed by atoms with Gasteiger partial charge in [-0.2, -0.15) is 0 Å². The van der Waals surface area contributed by atoms with Crippen molar-refractivity contribution in [2.75, 3.05) is 13.1 Å². The largest absolute Gasteiger partial charge is 0.312 e. The Morgan fingerprint density at radius 3 is 3.12 bits per heavy atom. The first kappa shape index (κ1) is 9.90. The molecule has 3 rings (SSSR count). The summed E-state index contributed by atoms with van der Waals surface area (Å²) < 4.78 is 25.9. The maximum Gasteiger partial charge on any atom is 0.248 e. The zero-order chi connectivity index (χ0) is 11.1. The molecule has 0 aromatic carbocycles. The van der Waals surface area contributed by atoms with Crippen molar-refractivity contribution in [2.45, 2.75) is 12.8 Å². The Hall–Kier alpha value is -1.29. The molecule has 84 valence electrons. The average Bonchev–Trinajstić information content (AvgIpc) is 2.66. The van der Waals surface area contributed by atoms with Crippen molar-refractivity contribution >= 4 is 5.71 Å². The highest BCUT2D eigenvalue weighted by molar-refractivity contribution is 6.06. The van der Waals surface area contributed by atoms with E-state index in [1.54, 1.807) is 12.2 Å². The van der Waals surface area contributed by atoms with E-state index < -0.39 is 12.3 Å². The molecule has 0 amide bonds. The van der Waals surface area contributed by atoms with Gasteiger partial charge in [0.15, 0.2) is 0 Å². The SMILES string of the molecule is FC(F)C1C=CC=C2N=C3CCNCC3=C21. The van der Waals surface area contributed by atoms with E-state index in [2.05, 4.69) is 10.3 Å². The first-order valence-corrected chi connectivity index (χ1v) is 5.46. The van der Waals surface area contributed by atoms with Gasteiger partial charge in [0.25, 0.3) is 0 Å². The molecule has 0 radical (unpaired) electrons. The van der Waals surface area contributed by atoms with Gasteiger partial charge in [0, 0.05) is 25.2 Å². The van der Waals surface area contributed by atoms with Crippen LogP contribution in [-0.2, 0) is 0 Å². The molecule has 1 N–H and O–H groups in total. The zero-order valence-electron chi connectivity index (χ0n) is 8.71. The predicted molar refractivity (Wildman–Crippen MR) is 58.7 cm³/mol. The Balaban J connectivity index is 2.07. The highest BCUT2D eigenvalue weighted by Gasteiger charge is 2.34. The van der Waals surface area contributed by atoms with Crippen molar-refractivity contribution < 1.29 is 8.78 Å². The van der Waals surface area contributed by atoms with E-state index in [1.807, 2.05) is 6.08 Å². The predicted octanol–water partition coefficient (Wildman–Crippen LogP) is 2.07. The van der Waals surface area contributed by atoms with Crippen LogP contribution in [0.3, 0.4) is 0 Å². The third kappa shape index (κ3) is 1.37. The fraction of sp³-hybridized carbons (Fsp3) is 0.417. The van der Waals surface area contributed by atoms with Gasteiger partial charge >= 0.3 is 0 Å². The lowest BCUT2D eigenvalue weighted by Gasteiger charge is -2.21. The fourth-order valence-corrected chi connectivity index (χ4v) is 2.48. The van der Waals surface area contributed by atoms with E-state index >= 15 is 0 Å². The molecule has 2 nitrogen and oxygen atoms in total. The maximum atomic E-state index is 12.9. The summed E-state index contributed by atoms with van der Waals surface area (Å²) >= 11 is 0. The molecule has 16 heavy (non-hydrogen) atoms. The summed E-state index contributed by atoms with van der Waals surface area (Å²) in [5.74, 6) is -0.781. The topological polar surface area (TPSA) is 24.4 Å². The monoisotopic (exact) mass is 222 g/mol. The number of fused-ring (bicyclic) bond motifs is 2. The molecule has 3 aliphatic rings. The van der Waals surface area contributed by atoms with Crippen molar-refractivity contribution in [3.8, 4) is 0 Å². The van der Waals surface area contributed by atoms with Gasteiger partial charge in [-0.1, -0.05) is 12.2 Å². The summed E-state index contributed by atoms with van der Waals surface area (Å²) in [6.45, 7) is 1.55. The van der Waals surface area contributed by atoms with Gasteiger partial charge in [0.2, 0.25) is 6.43 Å². The summed E-state index contributed by atoms with van der Waals surface area (Å²) in [6.07, 6.45) is 3.58. The normalized spacial score (nSPS) is 27.8. The lowest BCUT2D eigenvalue weighted by Crippen LogP contribution is -2.31. The number of hydrogen-bond acceptors (Lipinski definition) is 2. The van der Waals surface area contributed by atoms with Crippen LogP contribution in [-0.4, -0.2) is 25.2 Å². The number of hydrogen-bond donors (Lipinski definition) is 1. The molecule has 1 fully saturated rings. The number of rotatable bonds is 1. The molecule has 4 heteroatoms. The second-order valence-corrected chi connectivity index (χ2v) is 4.17. The molecule has 0 spiro atoms. The lowest BCUT2D eigenvalue weighted by molar-refractivity contribution is 0.116. The van der Waals surface area contributed by atoms with Crippen molar-refractivity contribution in [2.24, 2.45) is 10.9 Å². The maximum absolute atomic E-state index is 12.9. The van der Waals surface area contributed by atoms with Crippen LogP contribution in [0.5, 0.6) is 0 Å². The second-order valence-electron chi connectivity index (χ2n) is 4.17. The van der Waals surface area contributed by atoms with Gasteiger partial charge in [-0.15, -0.1) is 0 Å². The number of aliphatic imine (C=N–C) groups is 1. The van der Waals surface area contributed by atoms with Gasteiger partial charge in [-0.3, -0.25) is 4.99 Å². The molecule has 2 aliphatic heterocycles. The standard InChI is InChI=1S/C12H12F2N2/c13-12(14)7-2-1-3-10-11(7)8-6-15-5-4-9(8)16-10/h1-3,7,12,15H,4-6H2. The molecule has 2 heterocycles. The quantitative estimate of drug-likeness (QED) is 0.721. The van der Waals surface area contributed by atoms with Crippen LogP contribution in [0.15, 0.2) is 40.1 Å². The van der Waals surface area contributed by atoms with Crippen molar-refractivity contribution in [1.82, 2.24) is 5.32 Å². The third-order valence-electron chi connectivity index (χ3n) is 3.22. The minimum absolute atomic E-state index is 0.669. The molecule has 1 unspecified atom stereocenters. The molecule has 1 saturated heterocycles. The smallest absolute Gasteiger partial charge is 0.248 e. The summed E-state index contributed by atoms with van der Waals surface area (Å²) in [7, 11) is 0. The van der Waals surface area contributed by atoms with Crippen molar-refractivity contribution in [3.05, 3.63) is 35.1 Å². The minimum Gasteiger partial charge on any atom is -0.312 e. The third-order valence-corrected chi connectivity index (χ3v) is 3.22. The van der Waals surface area contributed by atoms with E-state index in [9.17, 15) is 8.78 Å². The summed E-state index contributed by atoms with van der Waals surface area (Å²) in [5, 5.41) is 3.21. The Morgan fingerprint density at radius 2 is 2.31 bits per heavy atom. The van der Waals surface area contributed by atoms with Gasteiger partial charge in [-0.05, 0) is 17.2 Å². The van der Waals surface area contributed by atoms with E-state index in [0.29, 0.717) is 6.54 Å². The Kier molecular flexibility index (Phi) is 2.24. The number of nitrogens with one attached hydrogen (secondary N) is 1. The van der Waals surface area contributed by atoms with E-state index in [1.165, 1.54) is 0 Å². The van der Waals surface area contributed by atoms with Crippen LogP contribution < -0.4 is 5.32 Å². The van der Waals surface area contributed by atoms with E-state index in [0.717, 1.165) is 35.5 Å². The van der Waals surface area contributed by atoms with Gasteiger partial charge in [-0.25, -0.2) is 8.78 Å². The van der Waals surface area contributed by atoms with Crippen LogP contribution in [0.4, 0.5) is 8.78 Å². The van der Waals surface area contributed by atoms with Crippen LogP contribution in [0, 0.1) is 5.92 Å². The van der Waals surface area contributed by atoms with Crippen LogP contribution >= 0.6 is 0 Å². The summed E-state index contributed by atoms with van der Waals surface area (Å²) in [6, 6.07) is 0. The second kappa shape index (κ2) is 3.63. The Labute approximate surface area is 92.4 Å². The summed E-state index contributed by atoms with van der Waals surface area (Å²) in [4.78, 5) is 4.44. The molecule has 0 bridgehead atoms. The van der Waals surface area contributed by atoms with Crippen molar-refractivity contribution in [3.63, 3.8) is 0 Å². The zero-order valence-corrected chi connectivity index (χ0v) is 8.71. The lowest BCUT2D eigenvalue weighted by atomic mass is 9.87. The van der Waals surface area contributed by atoms with Gasteiger partial charge in [0.1, 0.15) is 0 Å². The number of alkyl halides is 2. The average molecular weight is 222 g/mol. The Morgan fingerprint density at radius 1 is 1.44 bits per heavy atom. The molecule has 1 atom stereocenters. The molecular formula is C12H12F2N2. The minimum atomic E-state index is -2.35. The highest BCUT2D eigenvalue weighted by Crippen LogP contribution is 2.38. The highest BCUT2D eigenvalue weighted by atomic mass is 19.3. The van der Waals surface area contributed by atoms with Crippen LogP contribution in [0.2, 0.25) is 0 Å². The van der Waals surface area contributed by atoms with Gasteiger partial charge in [0.05, 0.1) is 11.6 Å². The number of piperidine rings is 1. The molecule has 0 aromatic rings. The number of nitrogens with zero attached hydrogens (tertiary/aromatic N) is 1. The van der Waals surface area contributed by atoms with E-state index in [-0.39, 0.29) is 0 Å². The summed E-state index contributed by atoms with van der Waals surface area (Å²) in [5.41, 5.74) is 3.46. The van der Waals surface area contributed by atoms with E-state index in [4.69, 9.17) is 0 Å². The molecule has 0 saturated carbocycles. The van der Waals surface area contributed by atoms with Gasteiger partial charge < -0.3 is 5.32 Å². The molecular weight excluding hydrogens is 210 g/mol. The molecule has 0 aromatic heterocycles. The van der Waals surface area contributed by atoms with Crippen molar-refractivity contribution in [1.29, 1.82) is 0 Å². The van der Waals surface area contributed by atoms with Crippen LogP contribution in [0.1, 0.15) is 6.42 Å². The first-order valence-electron chi connectivity index (χ1n) is 5.46.